The van der Waals surface area contributed by atoms with E-state index < -0.39 is 37.2 Å². The lowest BCUT2D eigenvalue weighted by molar-refractivity contribution is -0.224. The number of aliphatic hydroxyl groups excluding tert-OH is 2. The fourth-order valence-corrected chi connectivity index (χ4v) is 6.01. The number of hydrogen-bond acceptors (Lipinski definition) is 7. The van der Waals surface area contributed by atoms with Crippen molar-refractivity contribution >= 4 is 11.9 Å². The van der Waals surface area contributed by atoms with Crippen LogP contribution in [0.1, 0.15) is 84.0 Å². The van der Waals surface area contributed by atoms with Gasteiger partial charge in [-0.15, -0.1) is 0 Å². The van der Waals surface area contributed by atoms with Crippen LogP contribution >= 0.6 is 0 Å². The van der Waals surface area contributed by atoms with E-state index in [1.165, 1.54) is 51.4 Å². The van der Waals surface area contributed by atoms with Gasteiger partial charge in [-0.2, -0.15) is 8.78 Å². The molecule has 0 unspecified atom stereocenters. The molecule has 1 aromatic carbocycles. The fourth-order valence-electron chi connectivity index (χ4n) is 6.01. The van der Waals surface area contributed by atoms with Crippen LogP contribution < -0.4 is 14.2 Å². The second-order valence-electron chi connectivity index (χ2n) is 11.5. The molecule has 2 N–H and O–H groups in total. The minimum atomic E-state index is -3.50. The summed E-state index contributed by atoms with van der Waals surface area (Å²) in [6.07, 6.45) is 8.69. The fraction of sp³-hybridized carbons (Fsp3) is 0.625. The molecule has 2 fully saturated rings. The van der Waals surface area contributed by atoms with Crippen LogP contribution in [0.3, 0.4) is 0 Å². The largest absolute Gasteiger partial charge is 0.432 e. The molecule has 2 aliphatic rings. The predicted molar refractivity (Wildman–Crippen MR) is 151 cm³/mol. The third-order valence-electron chi connectivity index (χ3n) is 8.51. The summed E-state index contributed by atoms with van der Waals surface area (Å²) in [5.74, 6) is -1.92. The molecule has 0 bridgehead atoms. The molecule has 0 saturated heterocycles. The summed E-state index contributed by atoms with van der Waals surface area (Å²) in [5.41, 5.74) is -0.508. The Morgan fingerprint density at radius 2 is 1.27 bits per heavy atom. The Morgan fingerprint density at radius 3 is 1.73 bits per heavy atom. The van der Waals surface area contributed by atoms with Crippen LogP contribution in [0, 0.1) is 23.7 Å². The summed E-state index contributed by atoms with van der Waals surface area (Å²) in [5, 5.41) is 18.2. The van der Waals surface area contributed by atoms with E-state index in [-0.39, 0.29) is 28.4 Å². The van der Waals surface area contributed by atoms with Crippen molar-refractivity contribution in [3.63, 3.8) is 0 Å². The SMILES string of the molecule is C=C(CO)C(=O)Oc1cc(OC(=O)C(=C)CO)cc(OC(F)(F)C2CCC(C3CCC(CCCCC)CC3)CC2)c1. The van der Waals surface area contributed by atoms with Gasteiger partial charge in [-0.1, -0.05) is 58.6 Å². The summed E-state index contributed by atoms with van der Waals surface area (Å²) < 4.78 is 46.1. The predicted octanol–water partition coefficient (Wildman–Crippen LogP) is 6.76. The van der Waals surface area contributed by atoms with Gasteiger partial charge in [-0.3, -0.25) is 0 Å². The number of unbranched alkanes of at least 4 members (excludes halogenated alkanes) is 2. The van der Waals surface area contributed by atoms with Crippen LogP contribution in [0.15, 0.2) is 42.5 Å². The maximum absolute atomic E-state index is 15.4. The van der Waals surface area contributed by atoms with Gasteiger partial charge in [0.1, 0.15) is 17.2 Å². The molecule has 0 radical (unpaired) electrons. The van der Waals surface area contributed by atoms with Gasteiger partial charge in [0.2, 0.25) is 0 Å². The molecule has 0 aliphatic heterocycles. The van der Waals surface area contributed by atoms with Crippen LogP contribution in [0.4, 0.5) is 8.78 Å². The Hall–Kier alpha value is -2.78. The molecule has 0 aromatic heterocycles. The smallest absolute Gasteiger partial charge is 0.400 e. The molecule has 2 saturated carbocycles. The first-order valence-corrected chi connectivity index (χ1v) is 14.8. The zero-order valence-corrected chi connectivity index (χ0v) is 24.0. The Kier molecular flexibility index (Phi) is 12.3. The number of esters is 2. The van der Waals surface area contributed by atoms with E-state index in [0.717, 1.165) is 37.0 Å². The van der Waals surface area contributed by atoms with Crippen molar-refractivity contribution in [2.24, 2.45) is 23.7 Å². The molecule has 0 spiro atoms. The minimum absolute atomic E-state index is 0.246. The molecule has 228 valence electrons. The topological polar surface area (TPSA) is 102 Å². The van der Waals surface area contributed by atoms with Crippen molar-refractivity contribution in [3.05, 3.63) is 42.5 Å². The zero-order chi connectivity index (χ0) is 30.0. The Labute approximate surface area is 241 Å². The standard InChI is InChI=1S/C32H44F2O7/c1-4-5-6-7-23-8-10-24(11-9-23)25-12-14-26(15-13-25)32(33,34)41-29-17-27(39-30(37)21(2)19-35)16-28(18-29)40-31(38)22(3)20-36/h16-18,23-26,35-36H,2-15,19-20H2,1H3. The maximum atomic E-state index is 15.4. The van der Waals surface area contributed by atoms with Gasteiger partial charge < -0.3 is 24.4 Å². The normalized spacial score (nSPS) is 23.0. The van der Waals surface area contributed by atoms with Crippen molar-refractivity contribution in [1.29, 1.82) is 0 Å². The Balaban J connectivity index is 1.63. The first kappa shape index (κ1) is 32.7. The second-order valence-corrected chi connectivity index (χ2v) is 11.5. The van der Waals surface area contributed by atoms with Crippen molar-refractivity contribution < 1.29 is 42.8 Å². The van der Waals surface area contributed by atoms with E-state index in [0.29, 0.717) is 24.7 Å². The van der Waals surface area contributed by atoms with Crippen LogP contribution in [0.5, 0.6) is 17.2 Å². The van der Waals surface area contributed by atoms with Crippen LogP contribution in [-0.4, -0.2) is 41.5 Å². The number of carbonyl (C=O) groups excluding carboxylic acids is 2. The molecular weight excluding hydrogens is 534 g/mol. The van der Waals surface area contributed by atoms with Crippen molar-refractivity contribution in [1.82, 2.24) is 0 Å². The lowest BCUT2D eigenvalue weighted by atomic mass is 9.68. The van der Waals surface area contributed by atoms with Crippen LogP contribution in [-0.2, 0) is 9.59 Å². The van der Waals surface area contributed by atoms with E-state index in [1.54, 1.807) is 0 Å². The van der Waals surface area contributed by atoms with E-state index >= 15 is 8.78 Å². The number of alkyl halides is 2. The molecule has 3 rings (SSSR count). The van der Waals surface area contributed by atoms with Gasteiger partial charge in [0.25, 0.3) is 0 Å². The third-order valence-corrected chi connectivity index (χ3v) is 8.51. The van der Waals surface area contributed by atoms with Gasteiger partial charge in [0, 0.05) is 18.2 Å². The lowest BCUT2D eigenvalue weighted by Gasteiger charge is -2.39. The minimum Gasteiger partial charge on any atom is -0.432 e. The van der Waals surface area contributed by atoms with E-state index in [2.05, 4.69) is 20.1 Å². The number of aliphatic hydroxyl groups is 2. The quantitative estimate of drug-likeness (QED) is 0.109. The highest BCUT2D eigenvalue weighted by Gasteiger charge is 2.45. The molecule has 9 heteroatoms. The highest BCUT2D eigenvalue weighted by Crippen LogP contribution is 2.46. The number of carbonyl (C=O) groups is 2. The molecule has 2 aliphatic carbocycles. The Morgan fingerprint density at radius 1 is 0.805 bits per heavy atom. The summed E-state index contributed by atoms with van der Waals surface area (Å²) in [6, 6.07) is 3.29. The van der Waals surface area contributed by atoms with Gasteiger partial charge >= 0.3 is 18.0 Å². The van der Waals surface area contributed by atoms with Gasteiger partial charge in [-0.05, 0) is 56.3 Å². The van der Waals surface area contributed by atoms with E-state index in [1.807, 2.05) is 0 Å². The van der Waals surface area contributed by atoms with E-state index in [4.69, 9.17) is 24.4 Å². The van der Waals surface area contributed by atoms with Crippen molar-refractivity contribution in [2.45, 2.75) is 90.1 Å². The summed E-state index contributed by atoms with van der Waals surface area (Å²) >= 11 is 0. The monoisotopic (exact) mass is 578 g/mol. The summed E-state index contributed by atoms with van der Waals surface area (Å²) in [4.78, 5) is 24.2. The molecule has 7 nitrogen and oxygen atoms in total. The highest BCUT2D eigenvalue weighted by atomic mass is 19.3. The molecule has 41 heavy (non-hydrogen) atoms. The van der Waals surface area contributed by atoms with Crippen LogP contribution in [0.2, 0.25) is 0 Å². The van der Waals surface area contributed by atoms with E-state index in [9.17, 15) is 9.59 Å². The van der Waals surface area contributed by atoms with Crippen LogP contribution in [0.25, 0.3) is 0 Å². The lowest BCUT2D eigenvalue weighted by Crippen LogP contribution is -2.38. The molecule has 0 atom stereocenters. The van der Waals surface area contributed by atoms with Crippen molar-refractivity contribution in [2.75, 3.05) is 13.2 Å². The van der Waals surface area contributed by atoms with Gasteiger partial charge in [-0.25, -0.2) is 9.59 Å². The average Bonchev–Trinajstić information content (AvgIpc) is 2.96. The molecular formula is C32H44F2O7. The molecule has 0 heterocycles. The highest BCUT2D eigenvalue weighted by molar-refractivity contribution is 5.90. The number of ether oxygens (including phenoxy) is 3. The average molecular weight is 579 g/mol. The summed E-state index contributed by atoms with van der Waals surface area (Å²) in [7, 11) is 0. The third kappa shape index (κ3) is 9.64. The number of benzene rings is 1. The summed E-state index contributed by atoms with van der Waals surface area (Å²) in [6.45, 7) is 7.66. The van der Waals surface area contributed by atoms with Gasteiger partial charge in [0.05, 0.1) is 30.3 Å². The van der Waals surface area contributed by atoms with Crippen molar-refractivity contribution in [3.8, 4) is 17.2 Å². The number of halogens is 2. The second kappa shape index (κ2) is 15.4. The maximum Gasteiger partial charge on any atom is 0.400 e. The first-order chi connectivity index (χ1) is 19.6. The number of hydrogen-bond donors (Lipinski definition) is 2. The van der Waals surface area contributed by atoms with Gasteiger partial charge in [0.15, 0.2) is 0 Å². The zero-order valence-electron chi connectivity index (χ0n) is 24.0. The first-order valence-electron chi connectivity index (χ1n) is 14.8. The number of rotatable bonds is 14. The molecule has 1 aromatic rings. The Bertz CT molecular complexity index is 1010. The molecule has 0 amide bonds.